The fraction of sp³-hybridized carbons (Fsp3) is 0.650. The Hall–Kier alpha value is -1.71. The number of carbonyl (C=O) groups excluding carboxylic acids is 1. The monoisotopic (exact) mass is 391 g/mol. The molecule has 0 aliphatic carbocycles. The molecule has 0 spiro atoms. The summed E-state index contributed by atoms with van der Waals surface area (Å²) in [6.45, 7) is 3.85. The number of nitrogens with one attached hydrogen (secondary N) is 1. The van der Waals surface area contributed by atoms with Crippen LogP contribution in [0.25, 0.3) is 0 Å². The van der Waals surface area contributed by atoms with Gasteiger partial charge in [-0.05, 0) is 17.5 Å². The van der Waals surface area contributed by atoms with Gasteiger partial charge in [0.05, 0.1) is 32.0 Å². The second-order valence-corrected chi connectivity index (χ2v) is 7.65. The number of hydrogen-bond donors (Lipinski definition) is 3. The number of amides is 2. The van der Waals surface area contributed by atoms with Crippen LogP contribution in [-0.2, 0) is 22.4 Å². The van der Waals surface area contributed by atoms with Crippen LogP contribution in [0.15, 0.2) is 24.3 Å². The van der Waals surface area contributed by atoms with Gasteiger partial charge in [0, 0.05) is 32.7 Å². The van der Waals surface area contributed by atoms with Gasteiger partial charge in [-0.2, -0.15) is 0 Å². The molecule has 154 valence electrons. The molecule has 3 N–H and O–H groups in total. The number of fused-ring (bicyclic) bond motifs is 1. The first-order chi connectivity index (χ1) is 13.7. The van der Waals surface area contributed by atoms with Crippen LogP contribution >= 0.6 is 0 Å². The first kappa shape index (κ1) is 19.6. The predicted octanol–water partition coefficient (Wildman–Crippen LogP) is -0.424. The molecule has 0 aromatic heterocycles. The zero-order chi connectivity index (χ0) is 19.5. The lowest BCUT2D eigenvalue weighted by Crippen LogP contribution is -2.54. The fourth-order valence-electron chi connectivity index (χ4n) is 4.43. The third-order valence-corrected chi connectivity index (χ3v) is 5.98. The Bertz CT molecular complexity index is 682. The summed E-state index contributed by atoms with van der Waals surface area (Å²) in [7, 11) is 0. The molecule has 1 aromatic carbocycles. The Balaban J connectivity index is 1.42. The van der Waals surface area contributed by atoms with E-state index in [-0.39, 0.29) is 24.8 Å². The van der Waals surface area contributed by atoms with E-state index in [0.717, 1.165) is 19.5 Å². The smallest absolute Gasteiger partial charge is 0.317 e. The Kier molecular flexibility index (Phi) is 6.13. The van der Waals surface area contributed by atoms with Crippen molar-refractivity contribution < 1.29 is 24.5 Å². The van der Waals surface area contributed by atoms with Crippen LogP contribution in [0.4, 0.5) is 4.79 Å². The lowest BCUT2D eigenvalue weighted by atomic mass is 9.95. The molecule has 28 heavy (non-hydrogen) atoms. The molecule has 0 bridgehead atoms. The summed E-state index contributed by atoms with van der Waals surface area (Å²) in [5.74, 6) is 0. The molecule has 0 radical (unpaired) electrons. The average molecular weight is 391 g/mol. The highest BCUT2D eigenvalue weighted by molar-refractivity contribution is 5.74. The zero-order valence-electron chi connectivity index (χ0n) is 16.0. The first-order valence-electron chi connectivity index (χ1n) is 10.0. The number of aliphatic hydroxyl groups is 2. The molecular formula is C20H29N3O5. The van der Waals surface area contributed by atoms with E-state index in [1.807, 2.05) is 12.1 Å². The van der Waals surface area contributed by atoms with Gasteiger partial charge in [-0.15, -0.1) is 0 Å². The molecular weight excluding hydrogens is 362 g/mol. The van der Waals surface area contributed by atoms with Gasteiger partial charge >= 0.3 is 6.03 Å². The Morgan fingerprint density at radius 2 is 1.89 bits per heavy atom. The van der Waals surface area contributed by atoms with E-state index < -0.39 is 12.2 Å². The molecule has 1 aromatic rings. The largest absolute Gasteiger partial charge is 0.394 e. The van der Waals surface area contributed by atoms with E-state index in [0.29, 0.717) is 32.8 Å². The Morgan fingerprint density at radius 3 is 2.64 bits per heavy atom. The van der Waals surface area contributed by atoms with E-state index in [4.69, 9.17) is 9.47 Å². The Morgan fingerprint density at radius 1 is 1.14 bits per heavy atom. The van der Waals surface area contributed by atoms with Crippen molar-refractivity contribution in [2.75, 3.05) is 46.0 Å². The van der Waals surface area contributed by atoms with Crippen LogP contribution in [0, 0.1) is 0 Å². The molecule has 2 fully saturated rings. The van der Waals surface area contributed by atoms with Gasteiger partial charge in [0.25, 0.3) is 0 Å². The van der Waals surface area contributed by atoms with Crippen molar-refractivity contribution in [3.8, 4) is 0 Å². The molecule has 3 aliphatic rings. The number of aliphatic hydroxyl groups excluding tert-OH is 2. The minimum Gasteiger partial charge on any atom is -0.394 e. The second kappa shape index (κ2) is 8.75. The number of morpholine rings is 1. The van der Waals surface area contributed by atoms with Crippen molar-refractivity contribution >= 4 is 6.03 Å². The summed E-state index contributed by atoms with van der Waals surface area (Å²) in [6, 6.07) is 7.92. The van der Waals surface area contributed by atoms with Gasteiger partial charge in [0.1, 0.15) is 12.2 Å². The summed E-state index contributed by atoms with van der Waals surface area (Å²) < 4.78 is 11.2. The van der Waals surface area contributed by atoms with E-state index >= 15 is 0 Å². The zero-order valence-corrected chi connectivity index (χ0v) is 16.0. The molecule has 3 heterocycles. The minimum atomic E-state index is -0.791. The lowest BCUT2D eigenvalue weighted by Gasteiger charge is -2.37. The van der Waals surface area contributed by atoms with Gasteiger partial charge in [0.15, 0.2) is 0 Å². The van der Waals surface area contributed by atoms with Gasteiger partial charge < -0.3 is 29.9 Å². The first-order valence-corrected chi connectivity index (χ1v) is 10.0. The molecule has 8 heteroatoms. The van der Waals surface area contributed by atoms with Gasteiger partial charge in [0.2, 0.25) is 0 Å². The van der Waals surface area contributed by atoms with Crippen LogP contribution in [-0.4, -0.2) is 96.4 Å². The van der Waals surface area contributed by atoms with Crippen LogP contribution in [0.1, 0.15) is 11.1 Å². The molecule has 3 aliphatic heterocycles. The highest BCUT2D eigenvalue weighted by atomic mass is 16.5. The molecule has 2 saturated heterocycles. The van der Waals surface area contributed by atoms with Gasteiger partial charge in [-0.25, -0.2) is 4.79 Å². The van der Waals surface area contributed by atoms with E-state index in [1.54, 1.807) is 4.90 Å². The summed E-state index contributed by atoms with van der Waals surface area (Å²) in [6.07, 6.45) is -0.883. The van der Waals surface area contributed by atoms with Crippen LogP contribution in [0.2, 0.25) is 0 Å². The molecule has 8 nitrogen and oxygen atoms in total. The van der Waals surface area contributed by atoms with Gasteiger partial charge in [-0.1, -0.05) is 24.3 Å². The summed E-state index contributed by atoms with van der Waals surface area (Å²) in [5.41, 5.74) is 2.59. The van der Waals surface area contributed by atoms with Crippen LogP contribution in [0.3, 0.4) is 0 Å². The van der Waals surface area contributed by atoms with E-state index in [2.05, 4.69) is 22.3 Å². The number of nitrogens with zero attached hydrogens (tertiary/aromatic N) is 2. The molecule has 4 unspecified atom stereocenters. The third-order valence-electron chi connectivity index (χ3n) is 5.98. The Labute approximate surface area is 165 Å². The van der Waals surface area contributed by atoms with Crippen molar-refractivity contribution in [2.24, 2.45) is 0 Å². The summed E-state index contributed by atoms with van der Waals surface area (Å²) >= 11 is 0. The lowest BCUT2D eigenvalue weighted by molar-refractivity contribution is -0.0211. The standard InChI is InChI=1S/C20H29N3O5/c24-13-17-19(25)18(23-6-5-14-3-1-2-4-15(14)12-23)16(28-17)11-21-20(26)22-7-9-27-10-8-22/h1-4,16-19,24-25H,5-13H2,(H,21,26). The summed E-state index contributed by atoms with van der Waals surface area (Å²) in [5, 5.41) is 23.3. The average Bonchev–Trinajstić information content (AvgIpc) is 3.07. The minimum absolute atomic E-state index is 0.142. The summed E-state index contributed by atoms with van der Waals surface area (Å²) in [4.78, 5) is 16.4. The molecule has 4 rings (SSSR count). The van der Waals surface area contributed by atoms with Crippen LogP contribution < -0.4 is 5.32 Å². The van der Waals surface area contributed by atoms with Crippen molar-refractivity contribution in [2.45, 2.75) is 37.3 Å². The van der Waals surface area contributed by atoms with Crippen molar-refractivity contribution in [3.05, 3.63) is 35.4 Å². The number of carbonyl (C=O) groups is 1. The maximum absolute atomic E-state index is 12.4. The normalized spacial score (nSPS) is 30.9. The predicted molar refractivity (Wildman–Crippen MR) is 102 cm³/mol. The molecule has 4 atom stereocenters. The van der Waals surface area contributed by atoms with Gasteiger partial charge in [-0.3, -0.25) is 4.90 Å². The van der Waals surface area contributed by atoms with Crippen molar-refractivity contribution in [3.63, 3.8) is 0 Å². The highest BCUT2D eigenvalue weighted by Gasteiger charge is 2.46. The maximum atomic E-state index is 12.4. The van der Waals surface area contributed by atoms with Crippen molar-refractivity contribution in [1.29, 1.82) is 0 Å². The second-order valence-electron chi connectivity index (χ2n) is 7.65. The maximum Gasteiger partial charge on any atom is 0.317 e. The van der Waals surface area contributed by atoms with Crippen molar-refractivity contribution in [1.82, 2.24) is 15.1 Å². The van der Waals surface area contributed by atoms with Crippen LogP contribution in [0.5, 0.6) is 0 Å². The highest BCUT2D eigenvalue weighted by Crippen LogP contribution is 2.30. The number of rotatable bonds is 4. The number of hydrogen-bond acceptors (Lipinski definition) is 6. The topological polar surface area (TPSA) is 94.5 Å². The molecule has 0 saturated carbocycles. The number of benzene rings is 1. The fourth-order valence-corrected chi connectivity index (χ4v) is 4.43. The quantitative estimate of drug-likeness (QED) is 0.645. The SMILES string of the molecule is O=C(NCC1OC(CO)C(O)C1N1CCc2ccccc2C1)N1CCOCC1. The molecule has 2 amide bonds. The number of ether oxygens (including phenoxy) is 2. The van der Waals surface area contributed by atoms with E-state index in [9.17, 15) is 15.0 Å². The van der Waals surface area contributed by atoms with E-state index in [1.165, 1.54) is 11.1 Å². The third kappa shape index (κ3) is 4.01. The number of urea groups is 1.